The number of halogens is 1. The van der Waals surface area contributed by atoms with Gasteiger partial charge in [-0.25, -0.2) is 4.39 Å². The molecule has 1 atom stereocenters. The minimum Gasteiger partial charge on any atom is -0.370 e. The predicted molar refractivity (Wildman–Crippen MR) is 69.1 cm³/mol. The highest BCUT2D eigenvalue weighted by Crippen LogP contribution is 2.23. The zero-order chi connectivity index (χ0) is 13.0. The molecule has 2 nitrogen and oxygen atoms in total. The quantitative estimate of drug-likeness (QED) is 0.730. The van der Waals surface area contributed by atoms with E-state index in [0.717, 1.165) is 6.42 Å². The number of benzene rings is 1. The van der Waals surface area contributed by atoms with Crippen LogP contribution in [0.1, 0.15) is 37.6 Å². The minimum atomic E-state index is -0.340. The molecule has 0 aromatic heterocycles. The highest BCUT2D eigenvalue weighted by atomic mass is 19.1. The summed E-state index contributed by atoms with van der Waals surface area (Å²) in [6.07, 6.45) is 1.66. The van der Waals surface area contributed by atoms with E-state index in [1.54, 1.807) is 12.1 Å². The Bertz CT molecular complexity index is 390. The SMILES string of the molecule is CC(C)CC(C)N(C)c1ccc(C=O)cc1F. The van der Waals surface area contributed by atoms with Crippen LogP contribution in [-0.2, 0) is 0 Å². The third-order valence-corrected chi connectivity index (χ3v) is 2.96. The summed E-state index contributed by atoms with van der Waals surface area (Å²) in [5, 5.41) is 0. The van der Waals surface area contributed by atoms with Gasteiger partial charge in [0.25, 0.3) is 0 Å². The third kappa shape index (κ3) is 3.55. The second-order valence-corrected chi connectivity index (χ2v) is 4.92. The number of anilines is 1. The van der Waals surface area contributed by atoms with Crippen LogP contribution in [0, 0.1) is 11.7 Å². The van der Waals surface area contributed by atoms with E-state index in [1.165, 1.54) is 6.07 Å². The fraction of sp³-hybridized carbons (Fsp3) is 0.500. The van der Waals surface area contributed by atoms with E-state index in [2.05, 4.69) is 20.8 Å². The monoisotopic (exact) mass is 237 g/mol. The standard InChI is InChI=1S/C14H20FNO/c1-10(2)7-11(3)16(4)14-6-5-12(9-17)8-13(14)15/h5-6,8-11H,7H2,1-4H3. The third-order valence-electron chi connectivity index (χ3n) is 2.96. The number of hydrogen-bond acceptors (Lipinski definition) is 2. The van der Waals surface area contributed by atoms with Crippen molar-refractivity contribution in [3.8, 4) is 0 Å². The van der Waals surface area contributed by atoms with E-state index in [-0.39, 0.29) is 11.9 Å². The number of hydrogen-bond donors (Lipinski definition) is 0. The van der Waals surface area contributed by atoms with Crippen LogP contribution >= 0.6 is 0 Å². The normalized spacial score (nSPS) is 12.6. The van der Waals surface area contributed by atoms with Crippen LogP contribution in [0.15, 0.2) is 18.2 Å². The maximum absolute atomic E-state index is 13.8. The number of carbonyl (C=O) groups excluding carboxylic acids is 1. The van der Waals surface area contributed by atoms with Crippen molar-refractivity contribution in [2.45, 2.75) is 33.2 Å². The van der Waals surface area contributed by atoms with Crippen LogP contribution in [0.25, 0.3) is 0 Å². The zero-order valence-corrected chi connectivity index (χ0v) is 10.9. The predicted octanol–water partition coefficient (Wildman–Crippen LogP) is 3.51. The summed E-state index contributed by atoms with van der Waals surface area (Å²) < 4.78 is 13.8. The molecule has 0 amide bonds. The van der Waals surface area contributed by atoms with Gasteiger partial charge in [0.2, 0.25) is 0 Å². The van der Waals surface area contributed by atoms with Crippen molar-refractivity contribution in [1.29, 1.82) is 0 Å². The number of rotatable bonds is 5. The molecule has 94 valence electrons. The molecule has 0 aliphatic heterocycles. The molecule has 0 bridgehead atoms. The van der Waals surface area contributed by atoms with Crippen molar-refractivity contribution in [3.63, 3.8) is 0 Å². The van der Waals surface area contributed by atoms with Crippen molar-refractivity contribution in [1.82, 2.24) is 0 Å². The minimum absolute atomic E-state index is 0.270. The van der Waals surface area contributed by atoms with Crippen LogP contribution in [0.4, 0.5) is 10.1 Å². The Balaban J connectivity index is 2.88. The highest BCUT2D eigenvalue weighted by molar-refractivity contribution is 5.76. The van der Waals surface area contributed by atoms with Crippen LogP contribution < -0.4 is 4.90 Å². The maximum atomic E-state index is 13.8. The smallest absolute Gasteiger partial charge is 0.150 e. The molecule has 0 spiro atoms. The Kier molecular flexibility index (Phi) is 4.67. The molecule has 3 heteroatoms. The van der Waals surface area contributed by atoms with Gasteiger partial charge in [-0.1, -0.05) is 13.8 Å². The number of carbonyl (C=O) groups is 1. The van der Waals surface area contributed by atoms with E-state index < -0.39 is 0 Å². The summed E-state index contributed by atoms with van der Waals surface area (Å²) in [6, 6.07) is 4.85. The van der Waals surface area contributed by atoms with E-state index in [4.69, 9.17) is 0 Å². The average molecular weight is 237 g/mol. The molecule has 0 heterocycles. The molecule has 1 aromatic rings. The summed E-state index contributed by atoms with van der Waals surface area (Å²) in [4.78, 5) is 12.5. The molecule has 1 rings (SSSR count). The van der Waals surface area contributed by atoms with Gasteiger partial charge in [0, 0.05) is 18.7 Å². The molecule has 0 aliphatic carbocycles. The van der Waals surface area contributed by atoms with Gasteiger partial charge in [-0.2, -0.15) is 0 Å². The molecule has 0 saturated heterocycles. The molecule has 17 heavy (non-hydrogen) atoms. The lowest BCUT2D eigenvalue weighted by Gasteiger charge is -2.28. The first-order valence-electron chi connectivity index (χ1n) is 5.93. The fourth-order valence-electron chi connectivity index (χ4n) is 1.96. The largest absolute Gasteiger partial charge is 0.370 e. The molecule has 0 saturated carbocycles. The van der Waals surface area contributed by atoms with Gasteiger partial charge in [0.15, 0.2) is 0 Å². The van der Waals surface area contributed by atoms with Crippen LogP contribution in [0.3, 0.4) is 0 Å². The Hall–Kier alpha value is -1.38. The summed E-state index contributed by atoms with van der Waals surface area (Å²) in [5.41, 5.74) is 0.917. The second kappa shape index (κ2) is 5.80. The van der Waals surface area contributed by atoms with Gasteiger partial charge in [-0.15, -0.1) is 0 Å². The van der Waals surface area contributed by atoms with E-state index >= 15 is 0 Å². The summed E-state index contributed by atoms with van der Waals surface area (Å²) >= 11 is 0. The lowest BCUT2D eigenvalue weighted by Crippen LogP contribution is -2.30. The molecular weight excluding hydrogens is 217 g/mol. The molecular formula is C14H20FNO. The zero-order valence-electron chi connectivity index (χ0n) is 10.9. The lowest BCUT2D eigenvalue weighted by molar-refractivity contribution is 0.112. The van der Waals surface area contributed by atoms with Crippen molar-refractivity contribution in [2.75, 3.05) is 11.9 Å². The van der Waals surface area contributed by atoms with Crippen LogP contribution in [0.5, 0.6) is 0 Å². The van der Waals surface area contributed by atoms with Gasteiger partial charge in [-0.05, 0) is 37.5 Å². The number of aldehydes is 1. The Morgan fingerprint density at radius 3 is 2.47 bits per heavy atom. The van der Waals surface area contributed by atoms with Crippen molar-refractivity contribution in [2.24, 2.45) is 5.92 Å². The summed E-state index contributed by atoms with van der Waals surface area (Å²) in [7, 11) is 1.88. The first kappa shape index (κ1) is 13.7. The van der Waals surface area contributed by atoms with Crippen LogP contribution in [-0.4, -0.2) is 19.4 Å². The fourth-order valence-corrected chi connectivity index (χ4v) is 1.96. The van der Waals surface area contributed by atoms with Crippen molar-refractivity contribution >= 4 is 12.0 Å². The molecule has 0 aliphatic rings. The first-order chi connectivity index (χ1) is 7.95. The van der Waals surface area contributed by atoms with E-state index in [0.29, 0.717) is 23.5 Å². The molecule has 1 unspecified atom stereocenters. The maximum Gasteiger partial charge on any atom is 0.150 e. The van der Waals surface area contributed by atoms with E-state index in [1.807, 2.05) is 11.9 Å². The van der Waals surface area contributed by atoms with E-state index in [9.17, 15) is 9.18 Å². The van der Waals surface area contributed by atoms with Gasteiger partial charge < -0.3 is 4.90 Å². The lowest BCUT2D eigenvalue weighted by atomic mass is 10.0. The summed E-state index contributed by atoms with van der Waals surface area (Å²) in [6.45, 7) is 6.37. The van der Waals surface area contributed by atoms with Gasteiger partial charge in [-0.3, -0.25) is 4.79 Å². The summed E-state index contributed by atoms with van der Waals surface area (Å²) in [5.74, 6) is 0.234. The van der Waals surface area contributed by atoms with Gasteiger partial charge >= 0.3 is 0 Å². The molecule has 1 aromatic carbocycles. The second-order valence-electron chi connectivity index (χ2n) is 4.92. The van der Waals surface area contributed by atoms with Crippen molar-refractivity contribution < 1.29 is 9.18 Å². The van der Waals surface area contributed by atoms with Gasteiger partial charge in [0.05, 0.1) is 5.69 Å². The average Bonchev–Trinajstić information content (AvgIpc) is 2.27. The highest BCUT2D eigenvalue weighted by Gasteiger charge is 2.15. The van der Waals surface area contributed by atoms with Crippen molar-refractivity contribution in [3.05, 3.63) is 29.6 Å². The molecule has 0 N–H and O–H groups in total. The Labute approximate surface area is 102 Å². The first-order valence-corrected chi connectivity index (χ1v) is 5.93. The Morgan fingerprint density at radius 1 is 1.35 bits per heavy atom. The topological polar surface area (TPSA) is 20.3 Å². The van der Waals surface area contributed by atoms with Gasteiger partial charge in [0.1, 0.15) is 12.1 Å². The van der Waals surface area contributed by atoms with Crippen LogP contribution in [0.2, 0.25) is 0 Å². The Morgan fingerprint density at radius 2 is 2.00 bits per heavy atom. The molecule has 0 fully saturated rings. The number of nitrogens with zero attached hydrogens (tertiary/aromatic N) is 1. The molecule has 0 radical (unpaired) electrons.